The quantitative estimate of drug-likeness (QED) is 0.228. The molecule has 5 rings (SSSR count). The molecular formula is C26H20BrClN4S. The van der Waals surface area contributed by atoms with Gasteiger partial charge in [0.1, 0.15) is 0 Å². The second-order valence-corrected chi connectivity index (χ2v) is 9.97. The smallest absolute Gasteiger partial charge is 0.211 e. The van der Waals surface area contributed by atoms with Crippen LogP contribution in [0.4, 0.5) is 5.69 Å². The minimum absolute atomic E-state index is 0.687. The number of aromatic amines is 1. The number of rotatable bonds is 4. The summed E-state index contributed by atoms with van der Waals surface area (Å²) in [5.74, 6) is 0. The molecule has 0 spiro atoms. The fraction of sp³-hybridized carbons (Fsp3) is 0.0769. The Bertz CT molecular complexity index is 1560. The number of nitrogens with one attached hydrogen (secondary N) is 1. The molecule has 7 heteroatoms. The van der Waals surface area contributed by atoms with Crippen LogP contribution in [0.15, 0.2) is 86.8 Å². The summed E-state index contributed by atoms with van der Waals surface area (Å²) < 4.78 is 2.93. The summed E-state index contributed by atoms with van der Waals surface area (Å²) >= 11 is 11.2. The number of nitrogens with zero attached hydrogens (tertiary/aromatic N) is 3. The van der Waals surface area contributed by atoms with Crippen molar-refractivity contribution < 1.29 is 0 Å². The van der Waals surface area contributed by atoms with Crippen LogP contribution >= 0.6 is 38.9 Å². The van der Waals surface area contributed by atoms with E-state index in [1.54, 1.807) is 11.3 Å². The summed E-state index contributed by atoms with van der Waals surface area (Å²) in [4.78, 5) is 8.93. The summed E-state index contributed by atoms with van der Waals surface area (Å²) in [6.07, 6.45) is 3.85. The van der Waals surface area contributed by atoms with E-state index in [-0.39, 0.29) is 0 Å². The van der Waals surface area contributed by atoms with Crippen molar-refractivity contribution >= 4 is 61.7 Å². The van der Waals surface area contributed by atoms with Gasteiger partial charge in [-0.3, -0.25) is 0 Å². The standard InChI is InChI=1S/C26H20BrClN4S/c1-16-3-4-18(11-17(16)2)25-15-33-26(31-22-8-6-21(28)7-9-22)32(25)30-14-19-13-29-24-10-5-20(27)12-23(19)24/h3-15,29H,1-2H3. The third-order valence-electron chi connectivity index (χ3n) is 5.53. The number of H-pyrrole nitrogens is 1. The van der Waals surface area contributed by atoms with Crippen molar-refractivity contribution in [1.82, 2.24) is 9.66 Å². The molecule has 3 aromatic carbocycles. The highest BCUT2D eigenvalue weighted by atomic mass is 79.9. The van der Waals surface area contributed by atoms with Gasteiger partial charge in [0, 0.05) is 43.1 Å². The molecule has 33 heavy (non-hydrogen) atoms. The lowest BCUT2D eigenvalue weighted by atomic mass is 10.1. The topological polar surface area (TPSA) is 45.4 Å². The molecule has 5 aromatic rings. The van der Waals surface area contributed by atoms with Crippen molar-refractivity contribution in [2.24, 2.45) is 10.1 Å². The zero-order valence-electron chi connectivity index (χ0n) is 18.0. The van der Waals surface area contributed by atoms with E-state index < -0.39 is 0 Å². The third kappa shape index (κ3) is 4.60. The first-order valence-electron chi connectivity index (χ1n) is 10.4. The molecule has 0 fully saturated rings. The molecule has 2 aromatic heterocycles. The molecule has 0 aliphatic rings. The van der Waals surface area contributed by atoms with Gasteiger partial charge in [0.05, 0.1) is 17.6 Å². The van der Waals surface area contributed by atoms with E-state index in [2.05, 4.69) is 70.5 Å². The molecule has 1 N–H and O–H groups in total. The average Bonchev–Trinajstić information content (AvgIpc) is 3.39. The van der Waals surface area contributed by atoms with Crippen molar-refractivity contribution in [2.75, 3.05) is 0 Å². The molecule has 2 heterocycles. The minimum atomic E-state index is 0.687. The van der Waals surface area contributed by atoms with Gasteiger partial charge in [-0.15, -0.1) is 11.3 Å². The van der Waals surface area contributed by atoms with Crippen molar-refractivity contribution in [3.8, 4) is 11.3 Å². The summed E-state index contributed by atoms with van der Waals surface area (Å²) in [5.41, 5.74) is 7.50. The van der Waals surface area contributed by atoms with E-state index in [1.165, 1.54) is 11.1 Å². The second-order valence-electron chi connectivity index (χ2n) is 7.78. The molecule has 164 valence electrons. The van der Waals surface area contributed by atoms with Gasteiger partial charge < -0.3 is 4.98 Å². The van der Waals surface area contributed by atoms with Crippen molar-refractivity contribution in [2.45, 2.75) is 13.8 Å². The number of hydrogen-bond acceptors (Lipinski definition) is 3. The van der Waals surface area contributed by atoms with Crippen molar-refractivity contribution in [1.29, 1.82) is 0 Å². The van der Waals surface area contributed by atoms with Gasteiger partial charge in [-0.2, -0.15) is 5.10 Å². The number of thiazole rings is 1. The number of aromatic nitrogens is 2. The molecule has 4 nitrogen and oxygen atoms in total. The SMILES string of the molecule is Cc1ccc(-c2csc(=Nc3ccc(Cl)cc3)n2N=Cc2c[nH]c3ccc(Br)cc23)cc1C. The van der Waals surface area contributed by atoms with Crippen molar-refractivity contribution in [3.63, 3.8) is 0 Å². The minimum Gasteiger partial charge on any atom is -0.361 e. The van der Waals surface area contributed by atoms with Crippen LogP contribution in [0.25, 0.3) is 22.2 Å². The zero-order valence-corrected chi connectivity index (χ0v) is 21.2. The Morgan fingerprint density at radius 3 is 2.61 bits per heavy atom. The highest BCUT2D eigenvalue weighted by molar-refractivity contribution is 9.10. The fourth-order valence-electron chi connectivity index (χ4n) is 3.56. The van der Waals surface area contributed by atoms with Crippen LogP contribution in [0.3, 0.4) is 0 Å². The Morgan fingerprint density at radius 1 is 1.00 bits per heavy atom. The largest absolute Gasteiger partial charge is 0.361 e. The van der Waals surface area contributed by atoms with E-state index >= 15 is 0 Å². The number of aryl methyl sites for hydroxylation is 2. The van der Waals surface area contributed by atoms with Gasteiger partial charge in [0.25, 0.3) is 0 Å². The predicted molar refractivity (Wildman–Crippen MR) is 143 cm³/mol. The summed E-state index contributed by atoms with van der Waals surface area (Å²) in [7, 11) is 0. The Hall–Kier alpha value is -2.93. The van der Waals surface area contributed by atoms with Crippen LogP contribution in [0.1, 0.15) is 16.7 Å². The van der Waals surface area contributed by atoms with Crippen LogP contribution in [0.2, 0.25) is 5.02 Å². The van der Waals surface area contributed by atoms with Gasteiger partial charge in [-0.05, 0) is 73.5 Å². The third-order valence-corrected chi connectivity index (χ3v) is 7.09. The molecule has 0 radical (unpaired) electrons. The maximum Gasteiger partial charge on any atom is 0.211 e. The molecule has 0 saturated carbocycles. The fourth-order valence-corrected chi connectivity index (χ4v) is 4.90. The number of benzene rings is 3. The molecule has 0 bridgehead atoms. The monoisotopic (exact) mass is 534 g/mol. The lowest BCUT2D eigenvalue weighted by molar-refractivity contribution is 0.854. The van der Waals surface area contributed by atoms with Crippen LogP contribution in [-0.4, -0.2) is 15.9 Å². The Balaban J connectivity index is 1.66. The van der Waals surface area contributed by atoms with Gasteiger partial charge in [0.15, 0.2) is 0 Å². The Morgan fingerprint density at radius 2 is 1.82 bits per heavy atom. The van der Waals surface area contributed by atoms with Crippen LogP contribution in [0, 0.1) is 13.8 Å². The van der Waals surface area contributed by atoms with Gasteiger partial charge in [-0.25, -0.2) is 9.67 Å². The lowest BCUT2D eigenvalue weighted by Gasteiger charge is -2.06. The first-order valence-corrected chi connectivity index (χ1v) is 12.4. The Labute approximate surface area is 209 Å². The first-order chi connectivity index (χ1) is 16.0. The van der Waals surface area contributed by atoms with E-state index in [1.807, 2.05) is 47.4 Å². The van der Waals surface area contributed by atoms with E-state index in [0.717, 1.165) is 42.7 Å². The van der Waals surface area contributed by atoms with E-state index in [0.29, 0.717) is 5.02 Å². The zero-order chi connectivity index (χ0) is 22.9. The molecular weight excluding hydrogens is 516 g/mol. The molecule has 0 unspecified atom stereocenters. The second kappa shape index (κ2) is 9.14. The van der Waals surface area contributed by atoms with E-state index in [9.17, 15) is 0 Å². The maximum absolute atomic E-state index is 6.05. The van der Waals surface area contributed by atoms with Crippen LogP contribution in [-0.2, 0) is 0 Å². The highest BCUT2D eigenvalue weighted by Gasteiger charge is 2.10. The summed E-state index contributed by atoms with van der Waals surface area (Å²) in [5, 5.41) is 8.77. The van der Waals surface area contributed by atoms with E-state index in [4.69, 9.17) is 21.7 Å². The number of hydrogen-bond donors (Lipinski definition) is 1. The van der Waals surface area contributed by atoms with Crippen LogP contribution < -0.4 is 4.80 Å². The lowest BCUT2D eigenvalue weighted by Crippen LogP contribution is -2.11. The first kappa shape index (κ1) is 21.9. The predicted octanol–water partition coefficient (Wildman–Crippen LogP) is 7.85. The summed E-state index contributed by atoms with van der Waals surface area (Å²) in [6.45, 7) is 4.25. The normalized spacial score (nSPS) is 12.3. The van der Waals surface area contributed by atoms with Gasteiger partial charge in [0.2, 0.25) is 4.80 Å². The summed E-state index contributed by atoms with van der Waals surface area (Å²) in [6, 6.07) is 20.1. The Kier molecular flexibility index (Phi) is 6.06. The number of halogens is 2. The van der Waals surface area contributed by atoms with Crippen molar-refractivity contribution in [3.05, 3.63) is 103 Å². The average molecular weight is 536 g/mol. The number of fused-ring (bicyclic) bond motifs is 1. The maximum atomic E-state index is 6.05. The molecule has 0 saturated heterocycles. The molecule has 0 amide bonds. The van der Waals surface area contributed by atoms with Crippen LogP contribution in [0.5, 0.6) is 0 Å². The molecule has 0 atom stereocenters. The highest BCUT2D eigenvalue weighted by Crippen LogP contribution is 2.25. The molecule has 0 aliphatic carbocycles. The molecule has 0 aliphatic heterocycles. The van der Waals surface area contributed by atoms with Gasteiger partial charge in [-0.1, -0.05) is 39.7 Å². The van der Waals surface area contributed by atoms with Gasteiger partial charge >= 0.3 is 0 Å².